The number of anilines is 2. The summed E-state index contributed by atoms with van der Waals surface area (Å²) in [6.07, 6.45) is 7.59. The van der Waals surface area contributed by atoms with Crippen LogP contribution in [0.2, 0.25) is 0 Å². The van der Waals surface area contributed by atoms with Gasteiger partial charge in [-0.05, 0) is 43.8 Å². The smallest absolute Gasteiger partial charge is 0.253 e. The fourth-order valence-corrected chi connectivity index (χ4v) is 5.65. The number of nitrogens with zero attached hydrogens (tertiary/aromatic N) is 6. The van der Waals surface area contributed by atoms with Crippen LogP contribution in [0, 0.1) is 11.3 Å². The molecule has 11 nitrogen and oxygen atoms in total. The van der Waals surface area contributed by atoms with Crippen LogP contribution in [0.3, 0.4) is 0 Å². The number of amides is 2. The number of fused-ring (bicyclic) bond motifs is 1. The quantitative estimate of drug-likeness (QED) is 0.266. The molecule has 44 heavy (non-hydrogen) atoms. The van der Waals surface area contributed by atoms with Gasteiger partial charge in [0.15, 0.2) is 0 Å². The zero-order valence-corrected chi connectivity index (χ0v) is 24.7. The highest BCUT2D eigenvalue weighted by atomic mass is 16.2. The van der Waals surface area contributed by atoms with E-state index in [2.05, 4.69) is 43.5 Å². The molecule has 0 aliphatic carbocycles. The maximum Gasteiger partial charge on any atom is 0.253 e. The molecule has 224 valence electrons. The first-order chi connectivity index (χ1) is 21.5. The number of aromatic nitrogens is 3. The van der Waals surface area contributed by atoms with E-state index < -0.39 is 0 Å². The Hall–Kier alpha value is -5.05. The molecule has 3 N–H and O–H groups in total. The number of nitriles is 1. The molecule has 0 bridgehead atoms. The van der Waals surface area contributed by atoms with Crippen molar-refractivity contribution < 1.29 is 9.59 Å². The van der Waals surface area contributed by atoms with Crippen LogP contribution in [0.25, 0.3) is 22.2 Å². The molecule has 2 aromatic carbocycles. The number of likely N-dealkylation sites (tertiary alicyclic amines) is 1. The fourth-order valence-electron chi connectivity index (χ4n) is 5.65. The number of nitrogens with one attached hydrogen (secondary N) is 3. The number of hydrogen-bond donors (Lipinski definition) is 3. The number of likely N-dealkylation sites (N-methyl/N-ethyl adjacent to an activating group) is 1. The maximum atomic E-state index is 13.2. The number of aromatic amines is 1. The standard InChI is InChI=1S/C33H35N9O2/c1-40-15-17-41(18-16-40)13-4-7-30(43)37-25-10-8-23(9-11-25)32(44)42-14-12-26(22-42)38-33-36-20-24(19-34)31(39-33)28-21-35-29-6-3-2-5-27(28)29/h2-11,20-21,26,35H,12-18,22H2,1H3,(H,37,43)(H,36,38,39)/t26-/m1/s1. The Morgan fingerprint density at radius 1 is 1.09 bits per heavy atom. The van der Waals surface area contributed by atoms with Gasteiger partial charge in [-0.3, -0.25) is 14.5 Å². The molecule has 2 fully saturated rings. The van der Waals surface area contributed by atoms with E-state index in [4.69, 9.17) is 4.98 Å². The molecule has 4 heterocycles. The van der Waals surface area contributed by atoms with Gasteiger partial charge in [0.05, 0.1) is 17.5 Å². The average Bonchev–Trinajstić information content (AvgIpc) is 3.69. The number of hydrogen-bond acceptors (Lipinski definition) is 8. The summed E-state index contributed by atoms with van der Waals surface area (Å²) in [5.74, 6) is 0.158. The Morgan fingerprint density at radius 2 is 1.89 bits per heavy atom. The SMILES string of the molecule is CN1CCN(CC=CC(=O)Nc2ccc(C(=O)N3CC[C@@H](Nc4ncc(C#N)c(-c5c[nH]c6ccccc56)n4)C3)cc2)CC1. The minimum atomic E-state index is -0.190. The molecule has 0 radical (unpaired) electrons. The molecule has 0 unspecified atom stereocenters. The summed E-state index contributed by atoms with van der Waals surface area (Å²) in [7, 11) is 2.12. The second kappa shape index (κ2) is 13.1. The second-order valence-electron chi connectivity index (χ2n) is 11.3. The summed E-state index contributed by atoms with van der Waals surface area (Å²) in [5.41, 5.74) is 3.96. The number of carbonyl (C=O) groups is 2. The van der Waals surface area contributed by atoms with Crippen LogP contribution in [-0.2, 0) is 4.79 Å². The summed E-state index contributed by atoms with van der Waals surface area (Å²) in [6, 6.07) is 17.0. The molecule has 2 amide bonds. The van der Waals surface area contributed by atoms with Crippen molar-refractivity contribution in [2.75, 3.05) is 63.5 Å². The molecule has 2 aliphatic heterocycles. The van der Waals surface area contributed by atoms with Gasteiger partial charge in [-0.1, -0.05) is 24.3 Å². The van der Waals surface area contributed by atoms with Crippen LogP contribution < -0.4 is 10.6 Å². The van der Waals surface area contributed by atoms with Crippen molar-refractivity contribution >= 4 is 34.4 Å². The van der Waals surface area contributed by atoms with Gasteiger partial charge in [0.25, 0.3) is 5.91 Å². The van der Waals surface area contributed by atoms with Crippen molar-refractivity contribution in [1.29, 1.82) is 5.26 Å². The molecule has 2 aromatic heterocycles. The summed E-state index contributed by atoms with van der Waals surface area (Å²) in [5, 5.41) is 16.9. The maximum absolute atomic E-state index is 13.2. The van der Waals surface area contributed by atoms with Gasteiger partial charge in [0, 0.05) is 91.8 Å². The predicted octanol–water partition coefficient (Wildman–Crippen LogP) is 3.57. The molecule has 11 heteroatoms. The molecule has 6 rings (SSSR count). The van der Waals surface area contributed by atoms with Crippen LogP contribution in [0.15, 0.2) is 73.1 Å². The normalized spacial score (nSPS) is 17.6. The predicted molar refractivity (Wildman–Crippen MR) is 170 cm³/mol. The summed E-state index contributed by atoms with van der Waals surface area (Å²) in [4.78, 5) is 44.3. The first kappa shape index (κ1) is 29.0. The van der Waals surface area contributed by atoms with E-state index in [1.807, 2.05) is 36.5 Å². The molecule has 0 saturated carbocycles. The lowest BCUT2D eigenvalue weighted by Crippen LogP contribution is -2.44. The van der Waals surface area contributed by atoms with Gasteiger partial charge in [0.1, 0.15) is 6.07 Å². The third kappa shape index (κ3) is 6.62. The first-order valence-electron chi connectivity index (χ1n) is 14.8. The lowest BCUT2D eigenvalue weighted by atomic mass is 10.1. The third-order valence-corrected chi connectivity index (χ3v) is 8.19. The molecular formula is C33H35N9O2. The number of carbonyl (C=O) groups excluding carboxylic acids is 2. The summed E-state index contributed by atoms with van der Waals surface area (Å²) >= 11 is 0. The molecule has 2 aliphatic rings. The second-order valence-corrected chi connectivity index (χ2v) is 11.3. The Balaban J connectivity index is 1.03. The molecule has 4 aromatic rings. The number of benzene rings is 2. The number of rotatable bonds is 8. The first-order valence-corrected chi connectivity index (χ1v) is 14.8. The van der Waals surface area contributed by atoms with Crippen molar-refractivity contribution in [1.82, 2.24) is 29.7 Å². The van der Waals surface area contributed by atoms with Crippen LogP contribution in [0.4, 0.5) is 11.6 Å². The van der Waals surface area contributed by atoms with Gasteiger partial charge >= 0.3 is 0 Å². The Morgan fingerprint density at radius 3 is 2.68 bits per heavy atom. The van der Waals surface area contributed by atoms with Crippen molar-refractivity contribution in [2.24, 2.45) is 0 Å². The largest absolute Gasteiger partial charge is 0.360 e. The van der Waals surface area contributed by atoms with Gasteiger partial charge < -0.3 is 25.4 Å². The van der Waals surface area contributed by atoms with Gasteiger partial charge in [-0.25, -0.2) is 9.97 Å². The van der Waals surface area contributed by atoms with Gasteiger partial charge in [-0.15, -0.1) is 0 Å². The Bertz CT molecular complexity index is 1720. The lowest BCUT2D eigenvalue weighted by Gasteiger charge is -2.31. The van der Waals surface area contributed by atoms with E-state index in [9.17, 15) is 14.9 Å². The van der Waals surface area contributed by atoms with Crippen molar-refractivity contribution in [3.63, 3.8) is 0 Å². The Labute approximate surface area is 256 Å². The van der Waals surface area contributed by atoms with E-state index >= 15 is 0 Å². The van der Waals surface area contributed by atoms with E-state index in [0.717, 1.165) is 55.6 Å². The van der Waals surface area contributed by atoms with E-state index in [-0.39, 0.29) is 17.9 Å². The zero-order chi connectivity index (χ0) is 30.5. The molecule has 1 atom stereocenters. The monoisotopic (exact) mass is 589 g/mol. The van der Waals surface area contributed by atoms with E-state index in [1.165, 1.54) is 6.20 Å². The fraction of sp³-hybridized carbons (Fsp3) is 0.303. The van der Waals surface area contributed by atoms with Crippen LogP contribution >= 0.6 is 0 Å². The molecular weight excluding hydrogens is 554 g/mol. The van der Waals surface area contributed by atoms with Gasteiger partial charge in [-0.2, -0.15) is 5.26 Å². The number of piperazine rings is 1. The molecule has 0 spiro atoms. The summed E-state index contributed by atoms with van der Waals surface area (Å²) < 4.78 is 0. The minimum Gasteiger partial charge on any atom is -0.360 e. The third-order valence-electron chi connectivity index (χ3n) is 8.19. The van der Waals surface area contributed by atoms with E-state index in [0.29, 0.717) is 41.5 Å². The highest BCUT2D eigenvalue weighted by molar-refractivity contribution is 6.00. The highest BCUT2D eigenvalue weighted by Crippen LogP contribution is 2.30. The van der Waals surface area contributed by atoms with E-state index in [1.54, 1.807) is 35.2 Å². The molecule has 2 saturated heterocycles. The minimum absolute atomic E-state index is 0.0288. The lowest BCUT2D eigenvalue weighted by molar-refractivity contribution is -0.111. The van der Waals surface area contributed by atoms with Crippen molar-refractivity contribution in [2.45, 2.75) is 12.5 Å². The highest BCUT2D eigenvalue weighted by Gasteiger charge is 2.28. The van der Waals surface area contributed by atoms with Gasteiger partial charge in [0.2, 0.25) is 11.9 Å². The zero-order valence-electron chi connectivity index (χ0n) is 24.7. The van der Waals surface area contributed by atoms with Crippen molar-refractivity contribution in [3.05, 3.63) is 84.2 Å². The average molecular weight is 590 g/mol. The summed E-state index contributed by atoms with van der Waals surface area (Å²) in [6.45, 7) is 5.93. The number of para-hydroxylation sites is 1. The Kier molecular flexibility index (Phi) is 8.63. The van der Waals surface area contributed by atoms with Crippen molar-refractivity contribution in [3.8, 4) is 17.3 Å². The van der Waals surface area contributed by atoms with Crippen LogP contribution in [0.5, 0.6) is 0 Å². The number of H-pyrrole nitrogens is 1. The van der Waals surface area contributed by atoms with Crippen LogP contribution in [0.1, 0.15) is 22.3 Å². The van der Waals surface area contributed by atoms with Crippen LogP contribution in [-0.4, -0.2) is 100 Å². The topological polar surface area (TPSA) is 133 Å².